The summed E-state index contributed by atoms with van der Waals surface area (Å²) >= 11 is 3.44. The molecule has 1 saturated carbocycles. The number of methoxy groups -OCH3 is 1. The first-order valence-corrected chi connectivity index (χ1v) is 9.00. The van der Waals surface area contributed by atoms with Crippen molar-refractivity contribution in [2.75, 3.05) is 12.4 Å². The molecule has 6 heteroatoms. The Labute approximate surface area is 155 Å². The summed E-state index contributed by atoms with van der Waals surface area (Å²) in [5.41, 5.74) is 1.99. The van der Waals surface area contributed by atoms with E-state index in [4.69, 9.17) is 9.47 Å². The van der Waals surface area contributed by atoms with Gasteiger partial charge >= 0.3 is 6.09 Å². The van der Waals surface area contributed by atoms with Gasteiger partial charge in [-0.15, -0.1) is 0 Å². The van der Waals surface area contributed by atoms with E-state index in [2.05, 4.69) is 26.6 Å². The quantitative estimate of drug-likeness (QED) is 0.751. The smallest absolute Gasteiger partial charge is 0.407 e. The molecule has 25 heavy (non-hydrogen) atoms. The van der Waals surface area contributed by atoms with Crippen molar-refractivity contribution in [3.63, 3.8) is 0 Å². The summed E-state index contributed by atoms with van der Waals surface area (Å²) < 4.78 is 11.5. The molecular formula is C19H21BrN2O3. The summed E-state index contributed by atoms with van der Waals surface area (Å²) in [6.07, 6.45) is 1.38. The van der Waals surface area contributed by atoms with Crippen LogP contribution in [0.25, 0.3) is 0 Å². The maximum atomic E-state index is 11.8. The highest BCUT2D eigenvalue weighted by molar-refractivity contribution is 9.10. The van der Waals surface area contributed by atoms with Gasteiger partial charge in [-0.2, -0.15) is 0 Å². The molecular weight excluding hydrogens is 384 g/mol. The zero-order valence-corrected chi connectivity index (χ0v) is 15.6. The second-order valence-electron chi connectivity index (χ2n) is 6.06. The van der Waals surface area contributed by atoms with Gasteiger partial charge in [-0.3, -0.25) is 0 Å². The van der Waals surface area contributed by atoms with E-state index in [1.807, 2.05) is 48.5 Å². The topological polar surface area (TPSA) is 59.6 Å². The van der Waals surface area contributed by atoms with Crippen molar-refractivity contribution in [1.82, 2.24) is 5.32 Å². The van der Waals surface area contributed by atoms with E-state index in [1.165, 1.54) is 0 Å². The normalized spacial score (nSPS) is 18.8. The molecule has 1 amide bonds. The fourth-order valence-corrected chi connectivity index (χ4v) is 3.18. The molecule has 5 nitrogen and oxygen atoms in total. The average molecular weight is 405 g/mol. The third kappa shape index (κ3) is 4.89. The highest BCUT2D eigenvalue weighted by Crippen LogP contribution is 2.30. The molecule has 2 N–H and O–H groups in total. The number of carbonyl (C=O) groups excluding carboxylic acids is 1. The van der Waals surface area contributed by atoms with E-state index in [1.54, 1.807) is 7.11 Å². The SMILES string of the molecule is COc1cc(NC2CC(NC(=O)OCc3ccccc3)C2)ccc1Br. The molecule has 3 rings (SSSR count). The molecule has 0 heterocycles. The number of benzene rings is 2. The van der Waals surface area contributed by atoms with Crippen molar-refractivity contribution in [3.8, 4) is 5.75 Å². The first-order chi connectivity index (χ1) is 12.1. The fourth-order valence-electron chi connectivity index (χ4n) is 2.77. The van der Waals surface area contributed by atoms with Gasteiger partial charge in [0.15, 0.2) is 0 Å². The summed E-state index contributed by atoms with van der Waals surface area (Å²) in [6.45, 7) is 0.291. The second kappa shape index (κ2) is 8.25. The van der Waals surface area contributed by atoms with Crippen molar-refractivity contribution in [1.29, 1.82) is 0 Å². The van der Waals surface area contributed by atoms with Gasteiger partial charge in [0.05, 0.1) is 11.6 Å². The Morgan fingerprint density at radius 1 is 1.16 bits per heavy atom. The van der Waals surface area contributed by atoms with Crippen molar-refractivity contribution in [2.24, 2.45) is 0 Å². The summed E-state index contributed by atoms with van der Waals surface area (Å²) in [4.78, 5) is 11.8. The number of nitrogens with one attached hydrogen (secondary N) is 2. The molecule has 1 aliphatic rings. The van der Waals surface area contributed by atoms with E-state index >= 15 is 0 Å². The number of alkyl carbamates (subject to hydrolysis) is 1. The van der Waals surface area contributed by atoms with Gasteiger partial charge in [-0.1, -0.05) is 30.3 Å². The number of hydrogen-bond acceptors (Lipinski definition) is 4. The Hall–Kier alpha value is -2.21. The minimum absolute atomic E-state index is 0.151. The molecule has 132 valence electrons. The number of carbonyl (C=O) groups is 1. The van der Waals surface area contributed by atoms with Gasteiger partial charge in [-0.25, -0.2) is 4.79 Å². The third-order valence-electron chi connectivity index (χ3n) is 4.19. The Balaban J connectivity index is 1.38. The molecule has 2 aromatic rings. The maximum absolute atomic E-state index is 11.8. The molecule has 0 aromatic heterocycles. The molecule has 1 aliphatic carbocycles. The lowest BCUT2D eigenvalue weighted by Crippen LogP contribution is -2.49. The van der Waals surface area contributed by atoms with Crippen molar-refractivity contribution < 1.29 is 14.3 Å². The number of hydrogen-bond donors (Lipinski definition) is 2. The maximum Gasteiger partial charge on any atom is 0.407 e. The van der Waals surface area contributed by atoms with E-state index in [9.17, 15) is 4.79 Å². The summed E-state index contributed by atoms with van der Waals surface area (Å²) in [5.74, 6) is 0.795. The average Bonchev–Trinajstić information content (AvgIpc) is 2.60. The minimum Gasteiger partial charge on any atom is -0.495 e. The predicted octanol–water partition coefficient (Wildman–Crippen LogP) is 4.33. The van der Waals surface area contributed by atoms with E-state index < -0.39 is 0 Å². The Morgan fingerprint density at radius 2 is 1.92 bits per heavy atom. The summed E-state index contributed by atoms with van der Waals surface area (Å²) in [7, 11) is 1.65. The standard InChI is InChI=1S/C19H21BrN2O3/c1-24-18-11-14(7-8-17(18)20)21-15-9-16(10-15)22-19(23)25-12-13-5-3-2-4-6-13/h2-8,11,15-16,21H,9-10,12H2,1H3,(H,22,23). The molecule has 0 radical (unpaired) electrons. The van der Waals surface area contributed by atoms with Gasteiger partial charge in [0.25, 0.3) is 0 Å². The molecule has 2 aromatic carbocycles. The molecule has 0 saturated heterocycles. The first kappa shape index (κ1) is 17.6. The van der Waals surface area contributed by atoms with Crippen LogP contribution in [0.3, 0.4) is 0 Å². The van der Waals surface area contributed by atoms with Gasteiger partial charge < -0.3 is 20.1 Å². The zero-order chi connectivity index (χ0) is 17.6. The first-order valence-electron chi connectivity index (χ1n) is 8.21. The number of anilines is 1. The van der Waals surface area contributed by atoms with Crippen molar-refractivity contribution >= 4 is 27.7 Å². The molecule has 0 bridgehead atoms. The highest BCUT2D eigenvalue weighted by Gasteiger charge is 2.30. The van der Waals surface area contributed by atoms with Crippen LogP contribution in [0.5, 0.6) is 5.75 Å². The molecule has 1 fully saturated rings. The third-order valence-corrected chi connectivity index (χ3v) is 4.85. The lowest BCUT2D eigenvalue weighted by molar-refractivity contribution is 0.129. The lowest BCUT2D eigenvalue weighted by Gasteiger charge is -2.36. The van der Waals surface area contributed by atoms with Crippen LogP contribution < -0.4 is 15.4 Å². The van der Waals surface area contributed by atoms with Crippen LogP contribution in [-0.2, 0) is 11.3 Å². The zero-order valence-electron chi connectivity index (χ0n) is 14.0. The van der Waals surface area contributed by atoms with Gasteiger partial charge in [0, 0.05) is 23.8 Å². The van der Waals surface area contributed by atoms with E-state index in [-0.39, 0.29) is 12.1 Å². The number of rotatable bonds is 6. The molecule has 0 atom stereocenters. The molecule has 0 spiro atoms. The minimum atomic E-state index is -0.363. The van der Waals surface area contributed by atoms with Crippen LogP contribution in [0, 0.1) is 0 Å². The van der Waals surface area contributed by atoms with Gasteiger partial charge in [0.2, 0.25) is 0 Å². The van der Waals surface area contributed by atoms with Crippen LogP contribution in [0.1, 0.15) is 18.4 Å². The van der Waals surface area contributed by atoms with Crippen LogP contribution in [0.2, 0.25) is 0 Å². The van der Waals surface area contributed by atoms with E-state index in [0.717, 1.165) is 34.3 Å². The predicted molar refractivity (Wildman–Crippen MR) is 101 cm³/mol. The van der Waals surface area contributed by atoms with Crippen LogP contribution in [0.15, 0.2) is 53.0 Å². The highest BCUT2D eigenvalue weighted by atomic mass is 79.9. The Kier molecular flexibility index (Phi) is 5.81. The Bertz CT molecular complexity index is 718. The number of amides is 1. The summed E-state index contributed by atoms with van der Waals surface area (Å²) in [5, 5.41) is 6.35. The fraction of sp³-hybridized carbons (Fsp3) is 0.316. The van der Waals surface area contributed by atoms with Crippen LogP contribution >= 0.6 is 15.9 Å². The molecule has 0 unspecified atom stereocenters. The lowest BCUT2D eigenvalue weighted by atomic mass is 9.86. The largest absolute Gasteiger partial charge is 0.495 e. The van der Waals surface area contributed by atoms with Gasteiger partial charge in [-0.05, 0) is 46.5 Å². The van der Waals surface area contributed by atoms with Crippen LogP contribution in [-0.4, -0.2) is 25.3 Å². The van der Waals surface area contributed by atoms with Crippen LogP contribution in [0.4, 0.5) is 10.5 Å². The second-order valence-corrected chi connectivity index (χ2v) is 6.92. The number of halogens is 1. The van der Waals surface area contributed by atoms with Crippen molar-refractivity contribution in [3.05, 3.63) is 58.6 Å². The monoisotopic (exact) mass is 404 g/mol. The summed E-state index contributed by atoms with van der Waals surface area (Å²) in [6, 6.07) is 16.1. The number of ether oxygens (including phenoxy) is 2. The molecule has 0 aliphatic heterocycles. The Morgan fingerprint density at radius 3 is 2.64 bits per heavy atom. The van der Waals surface area contributed by atoms with Crippen molar-refractivity contribution in [2.45, 2.75) is 31.5 Å². The van der Waals surface area contributed by atoms with Gasteiger partial charge in [0.1, 0.15) is 12.4 Å². The van der Waals surface area contributed by atoms with E-state index in [0.29, 0.717) is 12.6 Å².